The highest BCUT2D eigenvalue weighted by Gasteiger charge is 2.21. The third kappa shape index (κ3) is 4.18. The largest absolute Gasteiger partial charge is 0.382 e. The molecule has 1 aliphatic rings. The van der Waals surface area contributed by atoms with E-state index >= 15 is 0 Å². The Kier molecular flexibility index (Phi) is 5.89. The number of rotatable bonds is 6. The molecule has 3 aromatic rings. The summed E-state index contributed by atoms with van der Waals surface area (Å²) in [5.74, 6) is -0.137. The molecule has 0 atom stereocenters. The van der Waals surface area contributed by atoms with Gasteiger partial charge in [-0.1, -0.05) is 18.2 Å². The fourth-order valence-corrected chi connectivity index (χ4v) is 4.19. The third-order valence-electron chi connectivity index (χ3n) is 5.80. The number of fused-ring (bicyclic) bond motifs is 1. The van der Waals surface area contributed by atoms with Crippen molar-refractivity contribution in [2.75, 3.05) is 13.1 Å². The number of aromatic nitrogens is 3. The van der Waals surface area contributed by atoms with Gasteiger partial charge < -0.3 is 19.6 Å². The third-order valence-corrected chi connectivity index (χ3v) is 5.80. The van der Waals surface area contributed by atoms with Gasteiger partial charge >= 0.3 is 5.82 Å². The average molecular weight is 435 g/mol. The molecule has 0 saturated carbocycles. The first-order valence-corrected chi connectivity index (χ1v) is 10.6. The Labute approximate surface area is 185 Å². The molecule has 1 aromatic carbocycles. The molecule has 0 bridgehead atoms. The van der Waals surface area contributed by atoms with Crippen LogP contribution >= 0.6 is 0 Å². The molecule has 166 valence electrons. The number of hydrogen-bond donors (Lipinski definition) is 0. The Morgan fingerprint density at radius 3 is 2.53 bits per heavy atom. The van der Waals surface area contributed by atoms with E-state index in [-0.39, 0.29) is 29.8 Å². The lowest BCUT2D eigenvalue weighted by Crippen LogP contribution is -2.37. The van der Waals surface area contributed by atoms with Gasteiger partial charge in [0.25, 0.3) is 0 Å². The van der Waals surface area contributed by atoms with E-state index in [0.29, 0.717) is 5.82 Å². The molecule has 1 aliphatic heterocycles. The van der Waals surface area contributed by atoms with E-state index in [0.717, 1.165) is 48.8 Å². The normalized spacial score (nSPS) is 14.7. The van der Waals surface area contributed by atoms with Crippen molar-refractivity contribution in [3.05, 3.63) is 58.2 Å². The molecule has 3 heterocycles. The SMILES string of the molecule is CC(=O)/C(=C/c1cn(CC(=O)N2CCCCC2)c2ccccc12)n1cc([N+](=O)[O-])nc1C. The van der Waals surface area contributed by atoms with Crippen molar-refractivity contribution in [1.82, 2.24) is 19.0 Å². The lowest BCUT2D eigenvalue weighted by atomic mass is 10.1. The summed E-state index contributed by atoms with van der Waals surface area (Å²) in [6, 6.07) is 7.69. The number of para-hydroxylation sites is 1. The maximum atomic E-state index is 12.8. The van der Waals surface area contributed by atoms with Crippen molar-refractivity contribution < 1.29 is 14.5 Å². The fraction of sp³-hybridized carbons (Fsp3) is 0.348. The first kappa shape index (κ1) is 21.5. The number of imidazole rings is 1. The second-order valence-corrected chi connectivity index (χ2v) is 8.03. The number of aryl methyl sites for hydroxylation is 1. The van der Waals surface area contributed by atoms with Crippen LogP contribution in [-0.4, -0.2) is 48.7 Å². The summed E-state index contributed by atoms with van der Waals surface area (Å²) in [6.07, 6.45) is 8.03. The van der Waals surface area contributed by atoms with Crippen LogP contribution in [0, 0.1) is 17.0 Å². The first-order valence-electron chi connectivity index (χ1n) is 10.6. The fourth-order valence-electron chi connectivity index (χ4n) is 4.19. The van der Waals surface area contributed by atoms with Gasteiger partial charge in [0.05, 0.1) is 5.70 Å². The number of ketones is 1. The van der Waals surface area contributed by atoms with Gasteiger partial charge in [-0.2, -0.15) is 0 Å². The van der Waals surface area contributed by atoms with E-state index in [9.17, 15) is 19.7 Å². The number of nitro groups is 1. The van der Waals surface area contributed by atoms with Gasteiger partial charge in [0.15, 0.2) is 5.78 Å². The molecule has 0 spiro atoms. The van der Waals surface area contributed by atoms with Gasteiger partial charge in [-0.15, -0.1) is 0 Å². The van der Waals surface area contributed by atoms with Gasteiger partial charge in [-0.05, 0) is 41.3 Å². The molecule has 1 saturated heterocycles. The summed E-state index contributed by atoms with van der Waals surface area (Å²) in [5.41, 5.74) is 1.92. The Morgan fingerprint density at radius 1 is 1.16 bits per heavy atom. The predicted octanol–water partition coefficient (Wildman–Crippen LogP) is 3.65. The topological polar surface area (TPSA) is 103 Å². The van der Waals surface area contributed by atoms with Crippen molar-refractivity contribution in [3.63, 3.8) is 0 Å². The van der Waals surface area contributed by atoms with Gasteiger partial charge in [-0.25, -0.2) is 0 Å². The van der Waals surface area contributed by atoms with E-state index in [2.05, 4.69) is 4.98 Å². The number of piperidine rings is 1. The van der Waals surface area contributed by atoms with Crippen molar-refractivity contribution >= 4 is 40.2 Å². The minimum Gasteiger partial charge on any atom is -0.358 e. The van der Waals surface area contributed by atoms with E-state index in [1.165, 1.54) is 17.7 Å². The van der Waals surface area contributed by atoms with Crippen LogP contribution in [0.15, 0.2) is 36.7 Å². The number of benzene rings is 1. The summed E-state index contributed by atoms with van der Waals surface area (Å²) in [5, 5.41) is 12.0. The number of likely N-dealkylation sites (tertiary alicyclic amines) is 1. The number of carbonyl (C=O) groups excluding carboxylic acids is 2. The van der Waals surface area contributed by atoms with Crippen LogP contribution in [0.25, 0.3) is 22.7 Å². The van der Waals surface area contributed by atoms with Gasteiger partial charge in [0.1, 0.15) is 12.7 Å². The second kappa shape index (κ2) is 8.78. The Hall–Kier alpha value is -3.75. The van der Waals surface area contributed by atoms with Gasteiger partial charge in [-0.3, -0.25) is 14.2 Å². The molecule has 0 N–H and O–H groups in total. The number of amides is 1. The number of nitrogens with zero attached hydrogens (tertiary/aromatic N) is 5. The molecule has 4 rings (SSSR count). The standard InChI is InChI=1S/C23H25N5O4/c1-16(29)21(27-14-22(28(31)32)24-17(27)2)12-18-13-26(20-9-5-4-8-19(18)20)15-23(30)25-10-6-3-7-11-25/h4-5,8-9,12-14H,3,6-7,10-11,15H2,1-2H3/b21-12-. The molecule has 32 heavy (non-hydrogen) atoms. The highest BCUT2D eigenvalue weighted by Crippen LogP contribution is 2.26. The summed E-state index contributed by atoms with van der Waals surface area (Å²) in [6.45, 7) is 4.83. The quantitative estimate of drug-likeness (QED) is 0.334. The Morgan fingerprint density at radius 2 is 1.88 bits per heavy atom. The second-order valence-electron chi connectivity index (χ2n) is 8.03. The van der Waals surface area contributed by atoms with Gasteiger partial charge in [0.2, 0.25) is 11.7 Å². The predicted molar refractivity (Wildman–Crippen MR) is 121 cm³/mol. The van der Waals surface area contributed by atoms with Crippen LogP contribution in [-0.2, 0) is 16.1 Å². The van der Waals surface area contributed by atoms with Crippen LogP contribution in [0.2, 0.25) is 0 Å². The van der Waals surface area contributed by atoms with E-state index in [1.54, 1.807) is 13.0 Å². The molecular formula is C23H25N5O4. The summed E-state index contributed by atoms with van der Waals surface area (Å²) in [4.78, 5) is 41.7. The molecule has 0 unspecified atom stereocenters. The van der Waals surface area contributed by atoms with Crippen LogP contribution in [0.4, 0.5) is 5.82 Å². The van der Waals surface area contributed by atoms with E-state index in [1.807, 2.05) is 39.9 Å². The summed E-state index contributed by atoms with van der Waals surface area (Å²) < 4.78 is 3.34. The lowest BCUT2D eigenvalue weighted by Gasteiger charge is -2.27. The number of allylic oxidation sites excluding steroid dienone is 1. The smallest absolute Gasteiger partial charge is 0.358 e. The highest BCUT2D eigenvalue weighted by molar-refractivity contribution is 6.19. The zero-order valence-corrected chi connectivity index (χ0v) is 18.2. The van der Waals surface area contributed by atoms with Crippen LogP contribution in [0.3, 0.4) is 0 Å². The van der Waals surface area contributed by atoms with Crippen molar-refractivity contribution in [3.8, 4) is 0 Å². The Balaban J connectivity index is 1.75. The maximum absolute atomic E-state index is 12.8. The van der Waals surface area contributed by atoms with E-state index < -0.39 is 4.92 Å². The average Bonchev–Trinajstić information content (AvgIpc) is 3.33. The Bertz CT molecular complexity index is 1230. The van der Waals surface area contributed by atoms with E-state index in [4.69, 9.17) is 0 Å². The molecule has 1 fully saturated rings. The number of Topliss-reactive ketones (excluding diaryl/α,β-unsaturated/α-hetero) is 1. The lowest BCUT2D eigenvalue weighted by molar-refractivity contribution is -0.389. The number of carbonyl (C=O) groups is 2. The highest BCUT2D eigenvalue weighted by atomic mass is 16.6. The minimum absolute atomic E-state index is 0.0776. The van der Waals surface area contributed by atoms with Crippen molar-refractivity contribution in [2.24, 2.45) is 0 Å². The zero-order chi connectivity index (χ0) is 22.8. The number of hydrogen-bond acceptors (Lipinski definition) is 5. The van der Waals surface area contributed by atoms with Crippen LogP contribution in [0.1, 0.15) is 37.6 Å². The summed E-state index contributed by atoms with van der Waals surface area (Å²) >= 11 is 0. The summed E-state index contributed by atoms with van der Waals surface area (Å²) in [7, 11) is 0. The van der Waals surface area contributed by atoms with Gasteiger partial charge in [0, 0.05) is 49.6 Å². The molecule has 0 radical (unpaired) electrons. The molecule has 9 heteroatoms. The minimum atomic E-state index is -0.584. The molecule has 0 aliphatic carbocycles. The molecule has 1 amide bonds. The van der Waals surface area contributed by atoms with Crippen molar-refractivity contribution in [1.29, 1.82) is 0 Å². The maximum Gasteiger partial charge on any atom is 0.382 e. The zero-order valence-electron chi connectivity index (χ0n) is 18.2. The monoisotopic (exact) mass is 435 g/mol. The van der Waals surface area contributed by atoms with Crippen LogP contribution < -0.4 is 0 Å². The first-order chi connectivity index (χ1) is 15.3. The molecular weight excluding hydrogens is 410 g/mol. The molecule has 2 aromatic heterocycles. The van der Waals surface area contributed by atoms with Crippen LogP contribution in [0.5, 0.6) is 0 Å². The van der Waals surface area contributed by atoms with Crippen molar-refractivity contribution in [2.45, 2.75) is 39.7 Å². The molecule has 9 nitrogen and oxygen atoms in total.